The highest BCUT2D eigenvalue weighted by Crippen LogP contribution is 2.27. The zero-order valence-corrected chi connectivity index (χ0v) is 33.5. The zero-order chi connectivity index (χ0) is 43.2. The lowest BCUT2D eigenvalue weighted by molar-refractivity contribution is -0.159. The van der Waals surface area contributed by atoms with E-state index in [1.54, 1.807) is 6.92 Å². The molecule has 0 fully saturated rings. The minimum Gasteiger partial charge on any atom is -0.461 e. The van der Waals surface area contributed by atoms with E-state index in [1.165, 1.54) is 34.6 Å². The summed E-state index contributed by atoms with van der Waals surface area (Å²) in [5.41, 5.74) is -0.842. The molecule has 2 N–H and O–H groups in total. The zero-order valence-electron chi connectivity index (χ0n) is 33.5. The number of Topliss-reactive ketones (excluding diaryl/α,β-unsaturated/α-hetero) is 1. The predicted molar refractivity (Wildman–Crippen MR) is 202 cm³/mol. The van der Waals surface area contributed by atoms with Gasteiger partial charge in [0.2, 0.25) is 0 Å². The number of ketones is 1. The number of carbonyl (C=O) groups excluding carboxylic acids is 8. The molecule has 3 unspecified atom stereocenters. The molecule has 17 nitrogen and oxygen atoms in total. The van der Waals surface area contributed by atoms with Gasteiger partial charge in [-0.1, -0.05) is 39.8 Å². The maximum absolute atomic E-state index is 13.1. The number of amides is 2. The summed E-state index contributed by atoms with van der Waals surface area (Å²) in [4.78, 5) is 98.6. The average molecular weight is 793 g/mol. The summed E-state index contributed by atoms with van der Waals surface area (Å²) >= 11 is 0. The van der Waals surface area contributed by atoms with E-state index in [0.717, 1.165) is 0 Å². The van der Waals surface area contributed by atoms with Crippen LogP contribution in [0.3, 0.4) is 0 Å². The minimum absolute atomic E-state index is 0.0647. The molecule has 312 valence electrons. The molecule has 56 heavy (non-hydrogen) atoms. The molecule has 0 saturated carbocycles. The maximum atomic E-state index is 13.1. The molecule has 0 rings (SSSR count). The van der Waals surface area contributed by atoms with Crippen LogP contribution in [0, 0.1) is 11.3 Å². The third-order valence-electron chi connectivity index (χ3n) is 7.34. The van der Waals surface area contributed by atoms with Crippen LogP contribution in [-0.4, -0.2) is 106 Å². The second-order valence-corrected chi connectivity index (χ2v) is 13.5. The van der Waals surface area contributed by atoms with E-state index in [1.807, 2.05) is 6.92 Å². The summed E-state index contributed by atoms with van der Waals surface area (Å²) in [5, 5.41) is 4.86. The quantitative estimate of drug-likeness (QED) is 0.0543. The van der Waals surface area contributed by atoms with Crippen molar-refractivity contribution >= 4 is 47.8 Å². The lowest BCUT2D eigenvalue weighted by Crippen LogP contribution is -2.38. The van der Waals surface area contributed by atoms with Crippen LogP contribution in [-0.2, 0) is 61.9 Å². The second kappa shape index (κ2) is 25.4. The topological polar surface area (TPSA) is 225 Å². The Morgan fingerprint density at radius 2 is 0.982 bits per heavy atom. The van der Waals surface area contributed by atoms with E-state index in [2.05, 4.69) is 43.5 Å². The smallest absolute Gasteiger partial charge is 0.407 e. The van der Waals surface area contributed by atoms with Gasteiger partial charge in [0.1, 0.15) is 33.0 Å². The van der Waals surface area contributed by atoms with E-state index in [-0.39, 0.29) is 60.1 Å². The van der Waals surface area contributed by atoms with Gasteiger partial charge < -0.3 is 43.8 Å². The van der Waals surface area contributed by atoms with Gasteiger partial charge in [0, 0.05) is 34.8 Å². The van der Waals surface area contributed by atoms with Crippen LogP contribution >= 0.6 is 0 Å². The molecule has 0 radical (unpaired) electrons. The van der Waals surface area contributed by atoms with Crippen LogP contribution in [0.1, 0.15) is 67.7 Å². The van der Waals surface area contributed by atoms with Crippen molar-refractivity contribution in [3.8, 4) is 0 Å². The third-order valence-corrected chi connectivity index (χ3v) is 7.34. The Balaban J connectivity index is 5.39. The fraction of sp³-hybridized carbons (Fsp3) is 0.538. The molecule has 0 heterocycles. The molecule has 0 aromatic heterocycles. The van der Waals surface area contributed by atoms with Crippen molar-refractivity contribution in [3.63, 3.8) is 0 Å². The summed E-state index contributed by atoms with van der Waals surface area (Å²) in [6.07, 6.45) is -3.86. The molecule has 3 atom stereocenters. The fourth-order valence-corrected chi connectivity index (χ4v) is 4.15. The molecule has 2 amide bonds. The molecule has 17 heteroatoms. The molecule has 0 aliphatic heterocycles. The highest BCUT2D eigenvalue weighted by Gasteiger charge is 2.34. The fourth-order valence-electron chi connectivity index (χ4n) is 4.15. The van der Waals surface area contributed by atoms with E-state index in [9.17, 15) is 38.4 Å². The first-order valence-electron chi connectivity index (χ1n) is 17.6. The van der Waals surface area contributed by atoms with Gasteiger partial charge in [-0.3, -0.25) is 9.59 Å². The summed E-state index contributed by atoms with van der Waals surface area (Å²) in [5.74, 6) is -4.49. The standard InChI is InChI=1S/C39H56N2O15/c1-13-28(31(42)23(2)3)14-15-40-37(48)56-30(20-52-34(45)26(8)9)22-54-36(47)39(11,12)18-27(10)35(46)53-21-29(19-51-33(44)25(6)7)55-38(49)41-16-17-50-32(43)24(4)5/h28-30H,2,4,6,8,10,13-22H2,1,3,5,7,9,11-12H3,(H,40,48)(H,41,49). The highest BCUT2D eigenvalue weighted by molar-refractivity contribution is 5.96. The Hall–Kier alpha value is -5.74. The van der Waals surface area contributed by atoms with Gasteiger partial charge in [0.15, 0.2) is 18.0 Å². The monoisotopic (exact) mass is 792 g/mol. The predicted octanol–water partition coefficient (Wildman–Crippen LogP) is 4.15. The third kappa shape index (κ3) is 20.6. The maximum Gasteiger partial charge on any atom is 0.407 e. The van der Waals surface area contributed by atoms with Crippen molar-refractivity contribution in [2.75, 3.05) is 46.1 Å². The molecule has 0 aliphatic carbocycles. The first-order valence-corrected chi connectivity index (χ1v) is 17.6. The number of nitrogens with one attached hydrogen (secondary N) is 2. The van der Waals surface area contributed by atoms with Crippen molar-refractivity contribution in [3.05, 3.63) is 60.8 Å². The molecule has 0 aliphatic rings. The Morgan fingerprint density at radius 1 is 0.571 bits per heavy atom. The van der Waals surface area contributed by atoms with Crippen molar-refractivity contribution in [2.45, 2.75) is 79.9 Å². The van der Waals surface area contributed by atoms with Gasteiger partial charge in [-0.2, -0.15) is 0 Å². The number of allylic oxidation sites excluding steroid dienone is 1. The lowest BCUT2D eigenvalue weighted by atomic mass is 9.86. The number of alkyl carbamates (subject to hydrolysis) is 2. The SMILES string of the molecule is C=C(C)C(=O)OCCNC(=O)OC(COC(=O)C(=C)C)COC(=O)C(=C)CC(C)(C)C(=O)OCC(COC(=O)C(=C)C)OC(=O)NCCC(CC)C(=O)C(=C)C. The van der Waals surface area contributed by atoms with Crippen LogP contribution in [0.4, 0.5) is 9.59 Å². The minimum atomic E-state index is -1.39. The molecule has 0 bridgehead atoms. The van der Waals surface area contributed by atoms with Crippen LogP contribution in [0.2, 0.25) is 0 Å². The van der Waals surface area contributed by atoms with Gasteiger partial charge in [-0.25, -0.2) is 28.8 Å². The van der Waals surface area contributed by atoms with Crippen molar-refractivity contribution in [2.24, 2.45) is 11.3 Å². The van der Waals surface area contributed by atoms with E-state index in [0.29, 0.717) is 18.4 Å². The Bertz CT molecular complexity index is 1530. The largest absolute Gasteiger partial charge is 0.461 e. The van der Waals surface area contributed by atoms with Gasteiger partial charge >= 0.3 is 42.0 Å². The summed E-state index contributed by atoms with van der Waals surface area (Å²) in [7, 11) is 0. The van der Waals surface area contributed by atoms with E-state index in [4.69, 9.17) is 33.2 Å². The molecule has 0 aromatic rings. The van der Waals surface area contributed by atoms with Crippen LogP contribution in [0.25, 0.3) is 0 Å². The lowest BCUT2D eigenvalue weighted by Gasteiger charge is -2.25. The number of hydrogen-bond acceptors (Lipinski definition) is 15. The second-order valence-electron chi connectivity index (χ2n) is 13.5. The van der Waals surface area contributed by atoms with Crippen molar-refractivity contribution < 1.29 is 71.5 Å². The van der Waals surface area contributed by atoms with E-state index < -0.39 is 86.1 Å². The first-order chi connectivity index (χ1) is 26.0. The molecule has 0 aromatic carbocycles. The molecule has 0 saturated heterocycles. The van der Waals surface area contributed by atoms with Crippen LogP contribution in [0.5, 0.6) is 0 Å². The number of esters is 5. The Morgan fingerprint density at radius 3 is 1.41 bits per heavy atom. The number of hydrogen-bond donors (Lipinski definition) is 2. The average Bonchev–Trinajstić information content (AvgIpc) is 3.12. The van der Waals surface area contributed by atoms with Crippen molar-refractivity contribution in [1.29, 1.82) is 0 Å². The summed E-state index contributed by atoms with van der Waals surface area (Å²) in [6, 6.07) is 0. The summed E-state index contributed by atoms with van der Waals surface area (Å²) < 4.78 is 36.2. The Kier molecular flexibility index (Phi) is 22.8. The normalized spacial score (nSPS) is 12.2. The number of ether oxygens (including phenoxy) is 7. The molecule has 0 spiro atoms. The summed E-state index contributed by atoms with van der Waals surface area (Å²) in [6.45, 7) is 26.0. The number of rotatable bonds is 26. The highest BCUT2D eigenvalue weighted by atomic mass is 16.6. The van der Waals surface area contributed by atoms with Gasteiger partial charge in [0.25, 0.3) is 0 Å². The van der Waals surface area contributed by atoms with Crippen molar-refractivity contribution in [1.82, 2.24) is 10.6 Å². The van der Waals surface area contributed by atoms with Gasteiger partial charge in [-0.15, -0.1) is 0 Å². The molecular weight excluding hydrogens is 736 g/mol. The van der Waals surface area contributed by atoms with Crippen LogP contribution in [0.15, 0.2) is 60.8 Å². The Labute approximate surface area is 327 Å². The van der Waals surface area contributed by atoms with Gasteiger partial charge in [0.05, 0.1) is 12.0 Å². The van der Waals surface area contributed by atoms with Crippen LogP contribution < -0.4 is 10.6 Å². The number of carbonyl (C=O) groups is 8. The van der Waals surface area contributed by atoms with E-state index >= 15 is 0 Å². The molecular formula is C39H56N2O15. The van der Waals surface area contributed by atoms with Gasteiger partial charge in [-0.05, 0) is 66.4 Å². The first kappa shape index (κ1) is 50.3.